The van der Waals surface area contributed by atoms with E-state index in [1.807, 2.05) is 24.3 Å². The van der Waals surface area contributed by atoms with Crippen LogP contribution in [0.15, 0.2) is 42.5 Å². The molecule has 1 fully saturated rings. The predicted octanol–water partition coefficient (Wildman–Crippen LogP) is 2.25. The van der Waals surface area contributed by atoms with E-state index in [2.05, 4.69) is 23.5 Å². The van der Waals surface area contributed by atoms with E-state index in [0.29, 0.717) is 13.0 Å². The van der Waals surface area contributed by atoms with E-state index in [1.54, 1.807) is 0 Å². The highest BCUT2D eigenvalue weighted by Gasteiger charge is 2.19. The number of benzene rings is 2. The van der Waals surface area contributed by atoms with Crippen molar-refractivity contribution >= 4 is 10.8 Å². The van der Waals surface area contributed by atoms with Gasteiger partial charge in [-0.15, -0.1) is 0 Å². The molecule has 0 amide bonds. The maximum Gasteiger partial charge on any atom is 0.0811 e. The summed E-state index contributed by atoms with van der Waals surface area (Å²) in [6.07, 6.45) is 0.235. The fourth-order valence-electron chi connectivity index (χ4n) is 2.71. The first-order valence-electron chi connectivity index (χ1n) is 6.81. The molecule has 3 rings (SSSR count). The molecule has 100 valence electrons. The lowest BCUT2D eigenvalue weighted by molar-refractivity contribution is 0.0522. The first-order valence-corrected chi connectivity index (χ1v) is 6.81. The Bertz CT molecular complexity index is 544. The molecule has 1 heterocycles. The van der Waals surface area contributed by atoms with Gasteiger partial charge in [-0.2, -0.15) is 0 Å². The molecule has 0 saturated carbocycles. The molecule has 0 spiro atoms. The standard InChI is InChI=1S/C16H19NO2/c18-16(10-13-11-19-9-8-17-13)15-7-3-5-12-4-1-2-6-14(12)15/h1-7,13,16-18H,8-11H2. The zero-order valence-corrected chi connectivity index (χ0v) is 10.9. The second-order valence-corrected chi connectivity index (χ2v) is 5.05. The number of aliphatic hydroxyl groups excluding tert-OH is 1. The van der Waals surface area contributed by atoms with Crippen LogP contribution in [0, 0.1) is 0 Å². The number of nitrogens with one attached hydrogen (secondary N) is 1. The van der Waals surface area contributed by atoms with E-state index in [4.69, 9.17) is 4.74 Å². The highest BCUT2D eigenvalue weighted by Crippen LogP contribution is 2.27. The van der Waals surface area contributed by atoms with Gasteiger partial charge in [-0.05, 0) is 22.8 Å². The van der Waals surface area contributed by atoms with Crippen molar-refractivity contribution in [2.75, 3.05) is 19.8 Å². The van der Waals surface area contributed by atoms with E-state index in [1.165, 1.54) is 5.39 Å². The Kier molecular flexibility index (Phi) is 3.78. The van der Waals surface area contributed by atoms with Gasteiger partial charge in [0.25, 0.3) is 0 Å². The number of aliphatic hydroxyl groups is 1. The number of fused-ring (bicyclic) bond motifs is 1. The van der Waals surface area contributed by atoms with Crippen molar-refractivity contribution in [3.63, 3.8) is 0 Å². The van der Waals surface area contributed by atoms with Crippen molar-refractivity contribution in [1.82, 2.24) is 5.32 Å². The third-order valence-corrected chi connectivity index (χ3v) is 3.69. The van der Waals surface area contributed by atoms with Crippen molar-refractivity contribution < 1.29 is 9.84 Å². The fraction of sp³-hybridized carbons (Fsp3) is 0.375. The molecule has 0 aromatic heterocycles. The number of rotatable bonds is 3. The van der Waals surface area contributed by atoms with Crippen LogP contribution in [-0.2, 0) is 4.74 Å². The minimum absolute atomic E-state index is 0.239. The molecule has 2 N–H and O–H groups in total. The summed E-state index contributed by atoms with van der Waals surface area (Å²) < 4.78 is 5.43. The van der Waals surface area contributed by atoms with Crippen LogP contribution in [-0.4, -0.2) is 30.9 Å². The number of ether oxygens (including phenoxy) is 1. The van der Waals surface area contributed by atoms with Crippen LogP contribution in [0.4, 0.5) is 0 Å². The molecule has 0 radical (unpaired) electrons. The Morgan fingerprint density at radius 2 is 2.05 bits per heavy atom. The quantitative estimate of drug-likeness (QED) is 0.886. The minimum Gasteiger partial charge on any atom is -0.388 e. The Labute approximate surface area is 113 Å². The van der Waals surface area contributed by atoms with E-state index in [0.717, 1.165) is 24.1 Å². The molecule has 2 aromatic rings. The molecule has 1 aliphatic heterocycles. The molecule has 1 aliphatic rings. The van der Waals surface area contributed by atoms with Crippen LogP contribution < -0.4 is 5.32 Å². The van der Waals surface area contributed by atoms with E-state index < -0.39 is 6.10 Å². The third-order valence-electron chi connectivity index (χ3n) is 3.69. The lowest BCUT2D eigenvalue weighted by atomic mass is 9.96. The van der Waals surface area contributed by atoms with Gasteiger partial charge in [0.2, 0.25) is 0 Å². The van der Waals surface area contributed by atoms with Gasteiger partial charge >= 0.3 is 0 Å². The third kappa shape index (κ3) is 2.78. The largest absolute Gasteiger partial charge is 0.388 e. The van der Waals surface area contributed by atoms with Crippen molar-refractivity contribution in [2.45, 2.75) is 18.6 Å². The van der Waals surface area contributed by atoms with Gasteiger partial charge in [-0.25, -0.2) is 0 Å². The average Bonchev–Trinajstić information content (AvgIpc) is 2.47. The van der Waals surface area contributed by atoms with Gasteiger partial charge < -0.3 is 15.2 Å². The van der Waals surface area contributed by atoms with E-state index >= 15 is 0 Å². The van der Waals surface area contributed by atoms with Crippen LogP contribution in [0.3, 0.4) is 0 Å². The van der Waals surface area contributed by atoms with Crippen molar-refractivity contribution in [3.05, 3.63) is 48.0 Å². The number of hydrogen-bond acceptors (Lipinski definition) is 3. The average molecular weight is 257 g/mol. The van der Waals surface area contributed by atoms with Gasteiger partial charge in [0.05, 0.1) is 19.3 Å². The summed E-state index contributed by atoms with van der Waals surface area (Å²) in [5, 5.41) is 16.2. The Hall–Kier alpha value is -1.42. The maximum absolute atomic E-state index is 10.5. The highest BCUT2D eigenvalue weighted by atomic mass is 16.5. The van der Waals surface area contributed by atoms with Gasteiger partial charge in [0.1, 0.15) is 0 Å². The van der Waals surface area contributed by atoms with Crippen molar-refractivity contribution in [1.29, 1.82) is 0 Å². The Balaban J connectivity index is 1.82. The van der Waals surface area contributed by atoms with Crippen molar-refractivity contribution in [3.8, 4) is 0 Å². The zero-order chi connectivity index (χ0) is 13.1. The summed E-state index contributed by atoms with van der Waals surface area (Å²) >= 11 is 0. The molecule has 2 unspecified atom stereocenters. The zero-order valence-electron chi connectivity index (χ0n) is 10.9. The highest BCUT2D eigenvalue weighted by molar-refractivity contribution is 5.85. The van der Waals surface area contributed by atoms with E-state index in [-0.39, 0.29) is 6.04 Å². The molecular formula is C16H19NO2. The molecule has 3 heteroatoms. The molecule has 2 atom stereocenters. The SMILES string of the molecule is OC(CC1COCCN1)c1cccc2ccccc12. The number of morpholine rings is 1. The monoisotopic (exact) mass is 257 g/mol. The molecule has 0 bridgehead atoms. The Morgan fingerprint density at radius 1 is 1.21 bits per heavy atom. The lowest BCUT2D eigenvalue weighted by Gasteiger charge is -2.26. The molecule has 0 aliphatic carbocycles. The summed E-state index contributed by atoms with van der Waals surface area (Å²) in [7, 11) is 0. The van der Waals surface area contributed by atoms with Gasteiger partial charge in [0, 0.05) is 12.6 Å². The molecule has 1 saturated heterocycles. The molecule has 2 aromatic carbocycles. The summed E-state index contributed by atoms with van der Waals surface area (Å²) in [5.74, 6) is 0. The maximum atomic E-state index is 10.5. The topological polar surface area (TPSA) is 41.5 Å². The van der Waals surface area contributed by atoms with Crippen LogP contribution in [0.2, 0.25) is 0 Å². The molecular weight excluding hydrogens is 238 g/mol. The normalized spacial score (nSPS) is 21.4. The van der Waals surface area contributed by atoms with Gasteiger partial charge in [-0.1, -0.05) is 42.5 Å². The van der Waals surface area contributed by atoms with Gasteiger partial charge in [0.15, 0.2) is 0 Å². The van der Waals surface area contributed by atoms with Gasteiger partial charge in [-0.3, -0.25) is 0 Å². The minimum atomic E-state index is -0.453. The summed E-state index contributed by atoms with van der Waals surface area (Å²) in [6, 6.07) is 14.5. The van der Waals surface area contributed by atoms with Crippen LogP contribution >= 0.6 is 0 Å². The van der Waals surface area contributed by atoms with Crippen LogP contribution in [0.25, 0.3) is 10.8 Å². The number of hydrogen-bond donors (Lipinski definition) is 2. The first kappa shape index (κ1) is 12.6. The molecule has 19 heavy (non-hydrogen) atoms. The summed E-state index contributed by atoms with van der Waals surface area (Å²) in [6.45, 7) is 2.32. The second-order valence-electron chi connectivity index (χ2n) is 5.05. The smallest absolute Gasteiger partial charge is 0.0811 e. The lowest BCUT2D eigenvalue weighted by Crippen LogP contribution is -2.42. The Morgan fingerprint density at radius 3 is 2.89 bits per heavy atom. The van der Waals surface area contributed by atoms with E-state index in [9.17, 15) is 5.11 Å². The summed E-state index contributed by atoms with van der Waals surface area (Å²) in [4.78, 5) is 0. The predicted molar refractivity (Wildman–Crippen MR) is 76.1 cm³/mol. The second kappa shape index (κ2) is 5.70. The van der Waals surface area contributed by atoms with Crippen LogP contribution in [0.5, 0.6) is 0 Å². The van der Waals surface area contributed by atoms with Crippen LogP contribution in [0.1, 0.15) is 18.1 Å². The fourth-order valence-corrected chi connectivity index (χ4v) is 2.71. The summed E-state index contributed by atoms with van der Waals surface area (Å²) in [5.41, 5.74) is 1.01. The van der Waals surface area contributed by atoms with Crippen molar-refractivity contribution in [2.24, 2.45) is 0 Å². The molecule has 3 nitrogen and oxygen atoms in total. The first-order chi connectivity index (χ1) is 9.34.